The van der Waals surface area contributed by atoms with Crippen molar-refractivity contribution in [2.24, 2.45) is 0 Å². The standard InChI is InChI=1S/C37H30/c1-36(30-21-19-26-11-5-9-24-13-7-15-28(30)34(24)26)23-37(2,33-18-4-3-17-32(33)36)31-22-20-27-12-6-10-25-14-8-16-29(31)35(25)27/h3-22,30-31H,23H2,1-2H3. The Balaban J connectivity index is 1.33. The van der Waals surface area contributed by atoms with Crippen LogP contribution in [0.1, 0.15) is 65.5 Å². The van der Waals surface area contributed by atoms with E-state index in [1.54, 1.807) is 0 Å². The molecular formula is C37H30. The Bertz CT molecular complexity index is 1660. The third-order valence-corrected chi connectivity index (χ3v) is 9.81. The molecule has 178 valence electrons. The lowest BCUT2D eigenvalue weighted by Gasteiger charge is -2.41. The molecule has 5 aromatic rings. The summed E-state index contributed by atoms with van der Waals surface area (Å²) in [6.07, 6.45) is 10.8. The second-order valence-electron chi connectivity index (χ2n) is 11.8. The molecule has 5 aromatic carbocycles. The molecule has 0 bridgehead atoms. The molecule has 8 rings (SSSR count). The summed E-state index contributed by atoms with van der Waals surface area (Å²) >= 11 is 0. The summed E-state index contributed by atoms with van der Waals surface area (Å²) in [5, 5.41) is 5.56. The van der Waals surface area contributed by atoms with Crippen LogP contribution < -0.4 is 0 Å². The van der Waals surface area contributed by atoms with Crippen molar-refractivity contribution < 1.29 is 0 Å². The molecule has 0 spiro atoms. The van der Waals surface area contributed by atoms with Crippen molar-refractivity contribution in [2.75, 3.05) is 0 Å². The number of hydrogen-bond acceptors (Lipinski definition) is 0. The minimum atomic E-state index is 0.00234. The molecular weight excluding hydrogens is 444 g/mol. The Hall–Kier alpha value is -3.90. The van der Waals surface area contributed by atoms with Crippen molar-refractivity contribution in [1.29, 1.82) is 0 Å². The van der Waals surface area contributed by atoms with Crippen LogP contribution in [0.25, 0.3) is 33.7 Å². The van der Waals surface area contributed by atoms with Crippen LogP contribution in [0.2, 0.25) is 0 Å². The van der Waals surface area contributed by atoms with E-state index in [-0.39, 0.29) is 10.8 Å². The number of fused-ring (bicyclic) bond motifs is 1. The fourth-order valence-corrected chi connectivity index (χ4v) is 8.30. The molecule has 0 amide bonds. The fourth-order valence-electron chi connectivity index (χ4n) is 8.30. The van der Waals surface area contributed by atoms with E-state index < -0.39 is 0 Å². The molecule has 4 atom stereocenters. The largest absolute Gasteiger partial charge is 0.0755 e. The van der Waals surface area contributed by atoms with E-state index in [0.717, 1.165) is 6.42 Å². The Labute approximate surface area is 219 Å². The first-order chi connectivity index (χ1) is 18.1. The monoisotopic (exact) mass is 474 g/mol. The van der Waals surface area contributed by atoms with Gasteiger partial charge < -0.3 is 0 Å². The van der Waals surface area contributed by atoms with Gasteiger partial charge >= 0.3 is 0 Å². The van der Waals surface area contributed by atoms with Gasteiger partial charge in [-0.2, -0.15) is 0 Å². The third kappa shape index (κ3) is 2.74. The molecule has 37 heavy (non-hydrogen) atoms. The number of benzene rings is 5. The molecule has 4 unspecified atom stereocenters. The number of allylic oxidation sites excluding steroid dienone is 2. The molecule has 3 aliphatic rings. The van der Waals surface area contributed by atoms with Crippen molar-refractivity contribution in [3.63, 3.8) is 0 Å². The van der Waals surface area contributed by atoms with Crippen LogP contribution in [0.15, 0.2) is 109 Å². The third-order valence-electron chi connectivity index (χ3n) is 9.81. The summed E-state index contributed by atoms with van der Waals surface area (Å²) in [5.74, 6) is 0.675. The molecule has 0 aliphatic heterocycles. The molecule has 3 aliphatic carbocycles. The first-order valence-electron chi connectivity index (χ1n) is 13.6. The maximum atomic E-state index is 2.53. The van der Waals surface area contributed by atoms with Crippen molar-refractivity contribution in [3.05, 3.63) is 143 Å². The van der Waals surface area contributed by atoms with Crippen molar-refractivity contribution in [2.45, 2.75) is 42.9 Å². The van der Waals surface area contributed by atoms with Gasteiger partial charge in [-0.15, -0.1) is 0 Å². The van der Waals surface area contributed by atoms with Crippen molar-refractivity contribution in [3.8, 4) is 0 Å². The van der Waals surface area contributed by atoms with Gasteiger partial charge in [0.15, 0.2) is 0 Å². The van der Waals surface area contributed by atoms with Gasteiger partial charge in [-0.3, -0.25) is 0 Å². The van der Waals surface area contributed by atoms with Gasteiger partial charge in [0.05, 0.1) is 0 Å². The molecule has 0 heterocycles. The SMILES string of the molecule is CC1(C2C=Cc3cccc4cccc2c34)CC(C)(C2C=Cc3cccc4cccc2c34)c2ccccc21. The van der Waals surface area contributed by atoms with Crippen molar-refractivity contribution >= 4 is 33.7 Å². The van der Waals surface area contributed by atoms with E-state index in [4.69, 9.17) is 0 Å². The van der Waals surface area contributed by atoms with Gasteiger partial charge in [0.2, 0.25) is 0 Å². The summed E-state index contributed by atoms with van der Waals surface area (Å²) in [6.45, 7) is 5.06. The van der Waals surface area contributed by atoms with E-state index >= 15 is 0 Å². The van der Waals surface area contributed by atoms with Crippen LogP contribution in [0.4, 0.5) is 0 Å². The van der Waals surface area contributed by atoms with Crippen molar-refractivity contribution in [1.82, 2.24) is 0 Å². The zero-order chi connectivity index (χ0) is 24.8. The minimum Gasteiger partial charge on any atom is -0.0755 e. The van der Waals surface area contributed by atoms with E-state index in [0.29, 0.717) is 11.8 Å². The molecule has 0 saturated heterocycles. The summed E-state index contributed by atoms with van der Waals surface area (Å²) in [5.41, 5.74) is 8.68. The first kappa shape index (κ1) is 21.2. The Morgan fingerprint density at radius 3 is 1.41 bits per heavy atom. The highest BCUT2D eigenvalue weighted by atomic mass is 14.6. The van der Waals surface area contributed by atoms with Gasteiger partial charge in [0.25, 0.3) is 0 Å². The summed E-state index contributed by atoms with van der Waals surface area (Å²) in [7, 11) is 0. The van der Waals surface area contributed by atoms with E-state index in [2.05, 4.69) is 135 Å². The number of rotatable bonds is 2. The van der Waals surface area contributed by atoms with Gasteiger partial charge in [-0.1, -0.05) is 135 Å². The highest BCUT2D eigenvalue weighted by molar-refractivity contribution is 5.97. The first-order valence-corrected chi connectivity index (χ1v) is 13.6. The molecule has 0 radical (unpaired) electrons. The molecule has 0 aromatic heterocycles. The highest BCUT2D eigenvalue weighted by Gasteiger charge is 2.54. The molecule has 0 saturated carbocycles. The zero-order valence-electron chi connectivity index (χ0n) is 21.4. The second-order valence-corrected chi connectivity index (χ2v) is 11.8. The molecule has 0 heteroatoms. The van der Waals surface area contributed by atoms with Crippen LogP contribution >= 0.6 is 0 Å². The van der Waals surface area contributed by atoms with Gasteiger partial charge in [0, 0.05) is 22.7 Å². The average molecular weight is 475 g/mol. The Morgan fingerprint density at radius 2 is 0.946 bits per heavy atom. The molecule has 0 N–H and O–H groups in total. The van der Waals surface area contributed by atoms with Gasteiger partial charge in [0.1, 0.15) is 0 Å². The maximum Gasteiger partial charge on any atom is 0.0122 e. The summed E-state index contributed by atoms with van der Waals surface area (Å²) < 4.78 is 0. The topological polar surface area (TPSA) is 0 Å². The lowest BCUT2D eigenvalue weighted by Crippen LogP contribution is -2.34. The highest BCUT2D eigenvalue weighted by Crippen LogP contribution is 2.62. The minimum absolute atomic E-state index is 0.00234. The van der Waals surface area contributed by atoms with Crippen LogP contribution in [0, 0.1) is 0 Å². The van der Waals surface area contributed by atoms with Gasteiger partial charge in [-0.05, 0) is 61.3 Å². The zero-order valence-corrected chi connectivity index (χ0v) is 21.4. The predicted octanol–water partition coefficient (Wildman–Crippen LogP) is 9.53. The van der Waals surface area contributed by atoms with E-state index in [9.17, 15) is 0 Å². The maximum absolute atomic E-state index is 2.53. The van der Waals surface area contributed by atoms with Crippen LogP contribution in [0.5, 0.6) is 0 Å². The van der Waals surface area contributed by atoms with Crippen LogP contribution in [0.3, 0.4) is 0 Å². The summed E-state index contributed by atoms with van der Waals surface area (Å²) in [4.78, 5) is 0. The summed E-state index contributed by atoms with van der Waals surface area (Å²) in [6, 6.07) is 36.5. The number of hydrogen-bond donors (Lipinski definition) is 0. The van der Waals surface area contributed by atoms with E-state index in [1.807, 2.05) is 0 Å². The quantitative estimate of drug-likeness (QED) is 0.239. The van der Waals surface area contributed by atoms with E-state index in [1.165, 1.54) is 54.9 Å². The molecule has 0 nitrogen and oxygen atoms in total. The average Bonchev–Trinajstić information content (AvgIpc) is 3.18. The fraction of sp³-hybridized carbons (Fsp3) is 0.189. The van der Waals surface area contributed by atoms with Gasteiger partial charge in [-0.25, -0.2) is 0 Å². The molecule has 0 fully saturated rings. The van der Waals surface area contributed by atoms with Crippen LogP contribution in [-0.2, 0) is 10.8 Å². The smallest absolute Gasteiger partial charge is 0.0122 e. The second kappa shape index (κ2) is 7.33. The Morgan fingerprint density at radius 1 is 0.514 bits per heavy atom. The predicted molar refractivity (Wildman–Crippen MR) is 157 cm³/mol. The lowest BCUT2D eigenvalue weighted by atomic mass is 9.62. The van der Waals surface area contributed by atoms with Crippen LogP contribution in [-0.4, -0.2) is 0 Å². The lowest BCUT2D eigenvalue weighted by molar-refractivity contribution is 0.312. The Kier molecular flexibility index (Phi) is 4.20. The normalized spacial score (nSPS) is 27.1.